The number of hydrogen-bond acceptors (Lipinski definition) is 5. The second-order valence-corrected chi connectivity index (χ2v) is 9.35. The summed E-state index contributed by atoms with van der Waals surface area (Å²) in [5, 5.41) is 9.65. The molecule has 4 aromatic rings. The van der Waals surface area contributed by atoms with Gasteiger partial charge in [0, 0.05) is 17.7 Å². The third-order valence-corrected chi connectivity index (χ3v) is 7.32. The lowest BCUT2D eigenvalue weighted by molar-refractivity contribution is -0.116. The van der Waals surface area contributed by atoms with Gasteiger partial charge in [-0.25, -0.2) is 0 Å². The lowest BCUT2D eigenvalue weighted by atomic mass is 9.78. The molecule has 6 rings (SSSR count). The van der Waals surface area contributed by atoms with E-state index in [-0.39, 0.29) is 17.7 Å². The van der Waals surface area contributed by atoms with Gasteiger partial charge in [0.25, 0.3) is 0 Å². The molecular weight excluding hydrogens is 448 g/mol. The monoisotopic (exact) mass is 476 g/mol. The number of rotatable bonds is 4. The number of nitrogens with one attached hydrogen (secondary N) is 2. The van der Waals surface area contributed by atoms with Crippen LogP contribution in [0.25, 0.3) is 10.8 Å². The van der Waals surface area contributed by atoms with Gasteiger partial charge < -0.3 is 20.1 Å². The number of para-hydroxylation sites is 2. The second kappa shape index (κ2) is 9.08. The van der Waals surface area contributed by atoms with E-state index in [1.54, 1.807) is 14.2 Å². The Labute approximate surface area is 210 Å². The summed E-state index contributed by atoms with van der Waals surface area (Å²) in [4.78, 5) is 13.9. The van der Waals surface area contributed by atoms with Crippen LogP contribution in [0.4, 0.5) is 11.4 Å². The quantitative estimate of drug-likeness (QED) is 0.338. The van der Waals surface area contributed by atoms with E-state index >= 15 is 0 Å². The molecular formula is C31H28N2O3. The van der Waals surface area contributed by atoms with Crippen molar-refractivity contribution in [3.63, 3.8) is 0 Å². The highest BCUT2D eigenvalue weighted by molar-refractivity contribution is 6.02. The molecule has 1 heterocycles. The second-order valence-electron chi connectivity index (χ2n) is 9.35. The van der Waals surface area contributed by atoms with Crippen molar-refractivity contribution in [3.8, 4) is 11.5 Å². The van der Waals surface area contributed by atoms with Crippen molar-refractivity contribution < 1.29 is 14.3 Å². The molecule has 2 aliphatic rings. The molecule has 5 heteroatoms. The zero-order valence-corrected chi connectivity index (χ0v) is 20.4. The molecule has 0 radical (unpaired) electrons. The Kier molecular flexibility index (Phi) is 5.61. The van der Waals surface area contributed by atoms with Crippen LogP contribution in [-0.4, -0.2) is 20.0 Å². The fourth-order valence-electron chi connectivity index (χ4n) is 5.57. The van der Waals surface area contributed by atoms with E-state index in [1.807, 2.05) is 36.4 Å². The summed E-state index contributed by atoms with van der Waals surface area (Å²) in [5.41, 5.74) is 5.94. The molecule has 0 saturated heterocycles. The van der Waals surface area contributed by atoms with Crippen LogP contribution in [0.1, 0.15) is 35.9 Å². The summed E-state index contributed by atoms with van der Waals surface area (Å²) in [5.74, 6) is 1.56. The summed E-state index contributed by atoms with van der Waals surface area (Å²) >= 11 is 0. The molecule has 2 atom stereocenters. The highest BCUT2D eigenvalue weighted by Gasteiger charge is 2.36. The summed E-state index contributed by atoms with van der Waals surface area (Å²) in [6.45, 7) is 0. The molecule has 36 heavy (non-hydrogen) atoms. The van der Waals surface area contributed by atoms with E-state index < -0.39 is 0 Å². The van der Waals surface area contributed by atoms with Gasteiger partial charge in [0.1, 0.15) is 0 Å². The number of benzene rings is 4. The van der Waals surface area contributed by atoms with Crippen LogP contribution in [0.3, 0.4) is 0 Å². The maximum atomic E-state index is 13.9. The Balaban J connectivity index is 1.48. The first-order chi connectivity index (χ1) is 17.7. The number of Topliss-reactive ketones (excluding diaryl/α,β-unsaturated/α-hetero) is 1. The number of hydrogen-bond donors (Lipinski definition) is 2. The van der Waals surface area contributed by atoms with Crippen molar-refractivity contribution in [1.82, 2.24) is 0 Å². The fourth-order valence-corrected chi connectivity index (χ4v) is 5.57. The first kappa shape index (κ1) is 22.2. The van der Waals surface area contributed by atoms with Crippen LogP contribution < -0.4 is 20.1 Å². The van der Waals surface area contributed by atoms with Gasteiger partial charge >= 0.3 is 0 Å². The van der Waals surface area contributed by atoms with Crippen LogP contribution in [-0.2, 0) is 4.79 Å². The van der Waals surface area contributed by atoms with Gasteiger partial charge in [0.2, 0.25) is 0 Å². The van der Waals surface area contributed by atoms with Crippen molar-refractivity contribution in [3.05, 3.63) is 107 Å². The molecule has 0 unspecified atom stereocenters. The first-order valence-electron chi connectivity index (χ1n) is 12.2. The van der Waals surface area contributed by atoms with Gasteiger partial charge in [-0.05, 0) is 58.5 Å². The number of allylic oxidation sites excluding steroid dienone is 1. The molecule has 0 saturated carbocycles. The number of methoxy groups -OCH3 is 2. The predicted octanol–water partition coefficient (Wildman–Crippen LogP) is 6.84. The third-order valence-electron chi connectivity index (χ3n) is 7.32. The number of ether oxygens (including phenoxy) is 2. The molecule has 0 amide bonds. The Morgan fingerprint density at radius 1 is 0.778 bits per heavy atom. The van der Waals surface area contributed by atoms with Gasteiger partial charge in [-0.3, -0.25) is 4.79 Å². The highest BCUT2D eigenvalue weighted by Crippen LogP contribution is 2.46. The van der Waals surface area contributed by atoms with E-state index in [4.69, 9.17) is 9.47 Å². The molecule has 1 aliphatic carbocycles. The summed E-state index contributed by atoms with van der Waals surface area (Å²) in [6.07, 6.45) is 1.17. The maximum Gasteiger partial charge on any atom is 0.163 e. The Morgan fingerprint density at radius 2 is 1.53 bits per heavy atom. The van der Waals surface area contributed by atoms with Crippen LogP contribution >= 0.6 is 0 Å². The largest absolute Gasteiger partial charge is 0.493 e. The lowest BCUT2D eigenvalue weighted by Crippen LogP contribution is -2.27. The van der Waals surface area contributed by atoms with Crippen molar-refractivity contribution in [2.75, 3.05) is 24.9 Å². The average Bonchev–Trinajstić information content (AvgIpc) is 3.09. The predicted molar refractivity (Wildman–Crippen MR) is 144 cm³/mol. The average molecular weight is 477 g/mol. The molecule has 2 N–H and O–H groups in total. The number of carbonyl (C=O) groups excluding carboxylic acids is 1. The van der Waals surface area contributed by atoms with Crippen LogP contribution in [0.5, 0.6) is 11.5 Å². The van der Waals surface area contributed by atoms with Gasteiger partial charge in [-0.1, -0.05) is 60.7 Å². The standard InChI is InChI=1S/C31H28N2O3/c1-35-28-15-14-20(18-29(28)36-2)21-16-26-30(27(34)17-21)31(33-25-13-6-5-12-24(25)32-26)23-11-7-9-19-8-3-4-10-22(19)23/h3-15,18,21,31-33H,16-17H2,1-2H3/t21-,31-/m1/s1. The van der Waals surface area contributed by atoms with Crippen molar-refractivity contribution in [2.24, 2.45) is 0 Å². The van der Waals surface area contributed by atoms with E-state index in [1.165, 1.54) is 0 Å². The minimum atomic E-state index is -0.249. The minimum absolute atomic E-state index is 0.0435. The van der Waals surface area contributed by atoms with Gasteiger partial charge in [0.05, 0.1) is 31.6 Å². The smallest absolute Gasteiger partial charge is 0.163 e. The molecule has 0 bridgehead atoms. The number of anilines is 2. The maximum absolute atomic E-state index is 13.9. The lowest BCUT2D eigenvalue weighted by Gasteiger charge is -2.30. The van der Waals surface area contributed by atoms with Gasteiger partial charge in [-0.15, -0.1) is 0 Å². The molecule has 0 spiro atoms. The van der Waals surface area contributed by atoms with Crippen LogP contribution in [0.15, 0.2) is 96.2 Å². The molecule has 1 aliphatic heterocycles. The number of carbonyl (C=O) groups is 1. The summed E-state index contributed by atoms with van der Waals surface area (Å²) in [6, 6.07) is 28.5. The number of ketones is 1. The Morgan fingerprint density at radius 3 is 2.36 bits per heavy atom. The van der Waals surface area contributed by atoms with E-state index in [2.05, 4.69) is 59.2 Å². The molecule has 0 fully saturated rings. The van der Waals surface area contributed by atoms with Crippen LogP contribution in [0, 0.1) is 0 Å². The van der Waals surface area contributed by atoms with Crippen molar-refractivity contribution in [2.45, 2.75) is 24.8 Å². The highest BCUT2D eigenvalue weighted by atomic mass is 16.5. The minimum Gasteiger partial charge on any atom is -0.493 e. The first-order valence-corrected chi connectivity index (χ1v) is 12.2. The SMILES string of the molecule is COc1ccc([C@H]2CC(=O)C3=C(C2)Nc2ccccc2N[C@@H]3c2cccc3ccccc23)cc1OC. The molecule has 0 aromatic heterocycles. The Hall–Kier alpha value is -4.25. The van der Waals surface area contributed by atoms with E-state index in [0.29, 0.717) is 17.9 Å². The van der Waals surface area contributed by atoms with Gasteiger partial charge in [0.15, 0.2) is 17.3 Å². The van der Waals surface area contributed by atoms with Crippen molar-refractivity contribution in [1.29, 1.82) is 0 Å². The Bertz CT molecular complexity index is 1500. The topological polar surface area (TPSA) is 59.6 Å². The molecule has 5 nitrogen and oxygen atoms in total. The molecule has 4 aromatic carbocycles. The van der Waals surface area contributed by atoms with E-state index in [9.17, 15) is 4.79 Å². The third kappa shape index (κ3) is 3.77. The number of fused-ring (bicyclic) bond motifs is 2. The van der Waals surface area contributed by atoms with Crippen LogP contribution in [0.2, 0.25) is 0 Å². The van der Waals surface area contributed by atoms with Crippen molar-refractivity contribution >= 4 is 27.9 Å². The van der Waals surface area contributed by atoms with Gasteiger partial charge in [-0.2, -0.15) is 0 Å². The normalized spacial score (nSPS) is 19.0. The molecule has 180 valence electrons. The summed E-state index contributed by atoms with van der Waals surface area (Å²) in [7, 11) is 3.27. The zero-order chi connectivity index (χ0) is 24.6. The zero-order valence-electron chi connectivity index (χ0n) is 20.4. The van der Waals surface area contributed by atoms with E-state index in [0.717, 1.165) is 51.0 Å². The fraction of sp³-hybridized carbons (Fsp3) is 0.194. The summed E-state index contributed by atoms with van der Waals surface area (Å²) < 4.78 is 11.0.